The van der Waals surface area contributed by atoms with Crippen LogP contribution in [-0.4, -0.2) is 16.4 Å². The van der Waals surface area contributed by atoms with E-state index in [0.717, 1.165) is 0 Å². The van der Waals surface area contributed by atoms with Crippen molar-refractivity contribution in [2.75, 3.05) is 0 Å². The summed E-state index contributed by atoms with van der Waals surface area (Å²) in [6.07, 6.45) is 1.24. The van der Waals surface area contributed by atoms with Gasteiger partial charge in [-0.3, -0.25) is 0 Å². The van der Waals surface area contributed by atoms with Crippen LogP contribution in [0.4, 0.5) is 4.39 Å². The first-order valence-corrected chi connectivity index (χ1v) is 2.87. The third kappa shape index (κ3) is 0.730. The van der Waals surface area contributed by atoms with Crippen molar-refractivity contribution >= 4 is 0 Å². The minimum absolute atomic E-state index is 0.622. The molecule has 0 atom stereocenters. The Bertz CT molecular complexity index is 96.3. The molecule has 0 saturated heterocycles. The maximum Gasteiger partial charge on any atom is 0.134 e. The molecule has 1 nitrogen and oxygen atoms in total. The fourth-order valence-electron chi connectivity index (χ4n) is 0.713. The van der Waals surface area contributed by atoms with Crippen molar-refractivity contribution in [3.63, 3.8) is 0 Å². The van der Waals surface area contributed by atoms with Crippen molar-refractivity contribution in [1.29, 1.82) is 0 Å². The Morgan fingerprint density at radius 2 is 1.88 bits per heavy atom. The third-order valence-corrected chi connectivity index (χ3v) is 1.83. The van der Waals surface area contributed by atoms with Crippen molar-refractivity contribution < 1.29 is 9.50 Å². The van der Waals surface area contributed by atoms with E-state index in [1.54, 1.807) is 0 Å². The number of hydrogen-bond acceptors (Lipinski definition) is 1. The van der Waals surface area contributed by atoms with Gasteiger partial charge in [0.1, 0.15) is 5.67 Å². The molecular weight excluding hydrogens is 107 g/mol. The standard InChI is InChI=1S/C6H11FO/c1-5(2,7)6(8)3-4-6/h8H,3-4H2,1-2H3. The van der Waals surface area contributed by atoms with Crippen LogP contribution in [0.3, 0.4) is 0 Å². The molecule has 48 valence electrons. The average molecular weight is 118 g/mol. The zero-order valence-electron chi connectivity index (χ0n) is 5.24. The minimum Gasteiger partial charge on any atom is -0.387 e. The van der Waals surface area contributed by atoms with Gasteiger partial charge in [-0.15, -0.1) is 0 Å². The SMILES string of the molecule is CC(C)(F)C1(O)CC1. The van der Waals surface area contributed by atoms with E-state index >= 15 is 0 Å². The highest BCUT2D eigenvalue weighted by Gasteiger charge is 2.53. The molecule has 1 N–H and O–H groups in total. The molecule has 0 aliphatic heterocycles. The topological polar surface area (TPSA) is 20.2 Å². The molecule has 0 radical (unpaired) electrons. The molecule has 0 aromatic heterocycles. The lowest BCUT2D eigenvalue weighted by Gasteiger charge is -2.20. The predicted octanol–water partition coefficient (Wildman–Crippen LogP) is 1.26. The van der Waals surface area contributed by atoms with Gasteiger partial charge in [-0.05, 0) is 26.7 Å². The molecule has 1 aliphatic rings. The molecular formula is C6H11FO. The smallest absolute Gasteiger partial charge is 0.134 e. The second kappa shape index (κ2) is 1.24. The molecule has 1 saturated carbocycles. The fourth-order valence-corrected chi connectivity index (χ4v) is 0.713. The quantitative estimate of drug-likeness (QED) is 0.549. The first kappa shape index (κ1) is 6.02. The normalized spacial score (nSPS) is 25.5. The van der Waals surface area contributed by atoms with E-state index in [4.69, 9.17) is 5.11 Å². The number of hydrogen-bond donors (Lipinski definition) is 1. The highest BCUT2D eigenvalue weighted by molar-refractivity contribution is 5.05. The summed E-state index contributed by atoms with van der Waals surface area (Å²) in [6, 6.07) is 0. The first-order valence-electron chi connectivity index (χ1n) is 2.87. The summed E-state index contributed by atoms with van der Waals surface area (Å²) < 4.78 is 12.7. The van der Waals surface area contributed by atoms with Crippen LogP contribution in [0.1, 0.15) is 26.7 Å². The Morgan fingerprint density at radius 3 is 1.88 bits per heavy atom. The second-order valence-electron chi connectivity index (χ2n) is 3.00. The van der Waals surface area contributed by atoms with Gasteiger partial charge in [0.15, 0.2) is 0 Å². The monoisotopic (exact) mass is 118 g/mol. The summed E-state index contributed by atoms with van der Waals surface area (Å²) in [6.45, 7) is 2.83. The van der Waals surface area contributed by atoms with E-state index in [9.17, 15) is 4.39 Å². The van der Waals surface area contributed by atoms with Gasteiger partial charge in [-0.2, -0.15) is 0 Å². The molecule has 0 aromatic rings. The van der Waals surface area contributed by atoms with Gasteiger partial charge in [0, 0.05) is 0 Å². The van der Waals surface area contributed by atoms with Gasteiger partial charge in [0.05, 0.1) is 5.60 Å². The Labute approximate surface area is 48.5 Å². The predicted molar refractivity (Wildman–Crippen MR) is 29.4 cm³/mol. The van der Waals surface area contributed by atoms with Gasteiger partial charge in [0.2, 0.25) is 0 Å². The fraction of sp³-hybridized carbons (Fsp3) is 1.00. The summed E-state index contributed by atoms with van der Waals surface area (Å²) in [5, 5.41) is 9.09. The molecule has 0 amide bonds. The van der Waals surface area contributed by atoms with Crippen LogP contribution in [0.2, 0.25) is 0 Å². The first-order chi connectivity index (χ1) is 3.46. The lowest BCUT2D eigenvalue weighted by molar-refractivity contribution is -0.00462. The molecule has 8 heavy (non-hydrogen) atoms. The maximum absolute atomic E-state index is 12.7. The van der Waals surface area contributed by atoms with Crippen LogP contribution in [0.15, 0.2) is 0 Å². The lowest BCUT2D eigenvalue weighted by atomic mass is 10.0. The van der Waals surface area contributed by atoms with E-state index in [-0.39, 0.29) is 0 Å². The number of halogens is 1. The second-order valence-corrected chi connectivity index (χ2v) is 3.00. The van der Waals surface area contributed by atoms with E-state index in [2.05, 4.69) is 0 Å². The molecule has 0 unspecified atom stereocenters. The maximum atomic E-state index is 12.7. The van der Waals surface area contributed by atoms with Gasteiger partial charge in [0.25, 0.3) is 0 Å². The largest absolute Gasteiger partial charge is 0.387 e. The molecule has 1 rings (SSSR count). The number of rotatable bonds is 1. The van der Waals surface area contributed by atoms with Crippen molar-refractivity contribution in [3.05, 3.63) is 0 Å². The molecule has 0 bridgehead atoms. The molecule has 1 fully saturated rings. The average Bonchev–Trinajstić information content (AvgIpc) is 2.16. The van der Waals surface area contributed by atoms with Crippen LogP contribution in [0.5, 0.6) is 0 Å². The van der Waals surface area contributed by atoms with Crippen LogP contribution in [0, 0.1) is 0 Å². The van der Waals surface area contributed by atoms with Crippen LogP contribution in [-0.2, 0) is 0 Å². The van der Waals surface area contributed by atoms with Crippen molar-refractivity contribution in [2.24, 2.45) is 0 Å². The highest BCUT2D eigenvalue weighted by atomic mass is 19.1. The Balaban J connectivity index is 2.58. The van der Waals surface area contributed by atoms with Gasteiger partial charge in [-0.25, -0.2) is 4.39 Å². The zero-order valence-corrected chi connectivity index (χ0v) is 5.24. The van der Waals surface area contributed by atoms with Gasteiger partial charge >= 0.3 is 0 Å². The summed E-state index contributed by atoms with van der Waals surface area (Å²) in [7, 11) is 0. The van der Waals surface area contributed by atoms with Crippen molar-refractivity contribution in [1.82, 2.24) is 0 Å². The molecule has 2 heteroatoms. The summed E-state index contributed by atoms with van der Waals surface area (Å²) >= 11 is 0. The van der Waals surface area contributed by atoms with E-state index in [1.807, 2.05) is 0 Å². The molecule has 0 aromatic carbocycles. The minimum atomic E-state index is -1.40. The summed E-state index contributed by atoms with van der Waals surface area (Å²) in [5.41, 5.74) is -2.37. The zero-order chi connectivity index (χ0) is 6.41. The highest BCUT2D eigenvalue weighted by Crippen LogP contribution is 2.46. The Hall–Kier alpha value is -0.110. The Kier molecular flexibility index (Phi) is 0.932. The molecule has 0 heterocycles. The summed E-state index contributed by atoms with van der Waals surface area (Å²) in [5.74, 6) is 0. The van der Waals surface area contributed by atoms with Crippen molar-refractivity contribution in [3.8, 4) is 0 Å². The van der Waals surface area contributed by atoms with Crippen molar-refractivity contribution in [2.45, 2.75) is 38.0 Å². The lowest BCUT2D eigenvalue weighted by Crippen LogP contribution is -2.33. The van der Waals surface area contributed by atoms with E-state index in [0.29, 0.717) is 12.8 Å². The van der Waals surface area contributed by atoms with E-state index < -0.39 is 11.3 Å². The van der Waals surface area contributed by atoms with Crippen LogP contribution >= 0.6 is 0 Å². The van der Waals surface area contributed by atoms with Gasteiger partial charge in [-0.1, -0.05) is 0 Å². The number of aliphatic hydroxyl groups is 1. The van der Waals surface area contributed by atoms with Gasteiger partial charge < -0.3 is 5.11 Å². The number of alkyl halides is 1. The van der Waals surface area contributed by atoms with Crippen LogP contribution < -0.4 is 0 Å². The molecule has 1 aliphatic carbocycles. The molecule has 0 spiro atoms. The van der Waals surface area contributed by atoms with E-state index in [1.165, 1.54) is 13.8 Å². The third-order valence-electron chi connectivity index (χ3n) is 1.83. The van der Waals surface area contributed by atoms with Crippen LogP contribution in [0.25, 0.3) is 0 Å². The Morgan fingerprint density at radius 1 is 1.50 bits per heavy atom. The summed E-state index contributed by atoms with van der Waals surface area (Å²) in [4.78, 5) is 0.